The molecule has 2 aliphatic carbocycles. The smallest absolute Gasteiger partial charge is 0.323 e. The number of ketones is 3. The molecule has 2 aromatic heterocycles. The number of H-pyrrole nitrogens is 4. The maximum absolute atomic E-state index is 11.7. The molecule has 0 radical (unpaired) electrons. The zero-order chi connectivity index (χ0) is 28.1. The van der Waals surface area contributed by atoms with Gasteiger partial charge < -0.3 is 31.0 Å². The van der Waals surface area contributed by atoms with Gasteiger partial charge in [0.25, 0.3) is 0 Å². The quantitative estimate of drug-likeness (QED) is 0.159. The second-order valence-corrected chi connectivity index (χ2v) is 9.74. The topological polar surface area (TPSA) is 187 Å². The Morgan fingerprint density at radius 2 is 1.25 bits per heavy atom. The number of nitrogens with one attached hydrogen (secondary N) is 5. The largest absolute Gasteiger partial charge is 0.399 e. The van der Waals surface area contributed by atoms with E-state index in [1.807, 2.05) is 25.1 Å². The molecule has 4 aromatic rings. The van der Waals surface area contributed by atoms with E-state index in [9.17, 15) is 24.0 Å². The standard InChI is InChI=1S/C14H15N3O2.C7H7N3O.C7H10O2.CH4/c1-8-10(3-2-4-13(8)18)15-9-5-6-11-12(7-9)17-14(19)16-11;8-4-1-2-5-6(3-4)10-7(11)9-5;1-5-6(8)3-2-4-7(5)9;/h5-7,15H,2-4H2,1H3,(H2,16,17,19);1-3H,8H2,(H2,9,10,11);5H,2-4H2,1H3;1H4. The van der Waals surface area contributed by atoms with Gasteiger partial charge in [-0.3, -0.25) is 14.4 Å². The molecule has 0 amide bonds. The highest BCUT2D eigenvalue weighted by molar-refractivity contribution is 6.03. The van der Waals surface area contributed by atoms with Gasteiger partial charge >= 0.3 is 11.4 Å². The number of nitrogen functional groups attached to an aromatic ring is 1. The van der Waals surface area contributed by atoms with E-state index in [0.29, 0.717) is 24.9 Å². The van der Waals surface area contributed by atoms with Gasteiger partial charge in [0.2, 0.25) is 0 Å². The van der Waals surface area contributed by atoms with Crippen LogP contribution < -0.4 is 22.4 Å². The molecule has 40 heavy (non-hydrogen) atoms. The molecular weight excluding hydrogens is 512 g/mol. The van der Waals surface area contributed by atoms with Gasteiger partial charge in [-0.1, -0.05) is 7.43 Å². The third-order valence-corrected chi connectivity index (χ3v) is 6.87. The van der Waals surface area contributed by atoms with E-state index in [0.717, 1.165) is 58.3 Å². The fourth-order valence-electron chi connectivity index (χ4n) is 4.51. The number of hydrogen-bond donors (Lipinski definition) is 6. The Balaban J connectivity index is 0.000000179. The van der Waals surface area contributed by atoms with Crippen molar-refractivity contribution in [2.45, 2.75) is 59.8 Å². The number of Topliss-reactive ketones (excluding diaryl/α,β-unsaturated/α-hetero) is 3. The monoisotopic (exact) mass is 548 g/mol. The molecule has 0 atom stereocenters. The summed E-state index contributed by atoms with van der Waals surface area (Å²) in [6.45, 7) is 3.56. The number of carbonyl (C=O) groups is 3. The first kappa shape index (κ1) is 29.9. The lowest BCUT2D eigenvalue weighted by Crippen LogP contribution is -2.25. The summed E-state index contributed by atoms with van der Waals surface area (Å²) in [4.78, 5) is 65.8. The maximum atomic E-state index is 11.7. The number of benzene rings is 2. The normalized spacial score (nSPS) is 15.7. The average Bonchev–Trinajstić information content (AvgIpc) is 3.45. The number of aromatic amines is 4. The van der Waals surface area contributed by atoms with Gasteiger partial charge in [0.05, 0.1) is 28.0 Å². The van der Waals surface area contributed by atoms with Crippen LogP contribution in [0, 0.1) is 5.92 Å². The Labute approximate surface area is 230 Å². The molecule has 11 heteroatoms. The minimum absolute atomic E-state index is 0. The summed E-state index contributed by atoms with van der Waals surface area (Å²) in [5, 5.41) is 3.29. The van der Waals surface area contributed by atoms with Crippen molar-refractivity contribution in [2.24, 2.45) is 5.92 Å². The first-order valence-electron chi connectivity index (χ1n) is 12.9. The molecule has 1 fully saturated rings. The number of carbonyl (C=O) groups excluding carboxylic acids is 3. The minimum Gasteiger partial charge on any atom is -0.399 e. The Morgan fingerprint density at radius 3 is 1.85 bits per heavy atom. The highest BCUT2D eigenvalue weighted by Gasteiger charge is 2.24. The number of hydrogen-bond acceptors (Lipinski definition) is 7. The minimum atomic E-state index is -0.307. The molecule has 0 unspecified atom stereocenters. The SMILES string of the molecule is C.CC1=C(Nc2ccc3[nH]c(=O)[nH]c3c2)CCCC1=O.CC1C(=O)CCCC1=O.Nc1ccc2[nH]c(=O)[nH]c2c1. The first-order valence-corrected chi connectivity index (χ1v) is 12.9. The van der Waals surface area contributed by atoms with E-state index in [1.54, 1.807) is 25.1 Å². The molecule has 1 saturated carbocycles. The van der Waals surface area contributed by atoms with Crippen molar-refractivity contribution in [3.8, 4) is 0 Å². The van der Waals surface area contributed by atoms with E-state index in [4.69, 9.17) is 5.73 Å². The van der Waals surface area contributed by atoms with Gasteiger partial charge in [-0.2, -0.15) is 0 Å². The van der Waals surface area contributed by atoms with Crippen LogP contribution in [0.15, 0.2) is 57.3 Å². The Bertz CT molecular complexity index is 1670. The average molecular weight is 549 g/mol. The van der Waals surface area contributed by atoms with Crippen LogP contribution in [0.2, 0.25) is 0 Å². The maximum Gasteiger partial charge on any atom is 0.323 e. The van der Waals surface area contributed by atoms with E-state index in [1.165, 1.54) is 0 Å². The lowest BCUT2D eigenvalue weighted by atomic mass is 9.88. The predicted molar refractivity (Wildman–Crippen MR) is 157 cm³/mol. The van der Waals surface area contributed by atoms with Crippen molar-refractivity contribution < 1.29 is 14.4 Å². The van der Waals surface area contributed by atoms with E-state index >= 15 is 0 Å². The third kappa shape index (κ3) is 7.25. The van der Waals surface area contributed by atoms with Crippen molar-refractivity contribution in [3.05, 3.63) is 68.6 Å². The summed E-state index contributed by atoms with van der Waals surface area (Å²) in [5.74, 6) is 0.140. The Morgan fingerprint density at radius 1 is 0.725 bits per heavy atom. The van der Waals surface area contributed by atoms with Crippen LogP contribution >= 0.6 is 0 Å². The summed E-state index contributed by atoms with van der Waals surface area (Å²) >= 11 is 0. The zero-order valence-electron chi connectivity index (χ0n) is 21.9. The molecule has 0 aliphatic heterocycles. The lowest BCUT2D eigenvalue weighted by molar-refractivity contribution is -0.134. The number of anilines is 2. The first-order chi connectivity index (χ1) is 18.6. The second-order valence-electron chi connectivity index (χ2n) is 9.74. The Hall–Kier alpha value is -4.67. The van der Waals surface area contributed by atoms with E-state index in [-0.39, 0.29) is 42.1 Å². The highest BCUT2D eigenvalue weighted by atomic mass is 16.2. The highest BCUT2D eigenvalue weighted by Crippen LogP contribution is 2.24. The van der Waals surface area contributed by atoms with Crippen LogP contribution in [0.5, 0.6) is 0 Å². The second kappa shape index (κ2) is 12.9. The fraction of sp³-hybridized carbons (Fsp3) is 0.345. The van der Waals surface area contributed by atoms with Gasteiger partial charge in [0.15, 0.2) is 5.78 Å². The fourth-order valence-corrected chi connectivity index (χ4v) is 4.51. The molecular formula is C29H36N6O5. The van der Waals surface area contributed by atoms with Gasteiger partial charge in [0.1, 0.15) is 11.6 Å². The number of aromatic nitrogens is 4. The zero-order valence-corrected chi connectivity index (χ0v) is 21.9. The van der Waals surface area contributed by atoms with Gasteiger partial charge in [-0.25, -0.2) is 9.59 Å². The lowest BCUT2D eigenvalue weighted by Gasteiger charge is -2.18. The molecule has 0 bridgehead atoms. The molecule has 11 nitrogen and oxygen atoms in total. The van der Waals surface area contributed by atoms with Gasteiger partial charge in [-0.15, -0.1) is 0 Å². The number of nitrogens with two attached hydrogens (primary N) is 1. The molecule has 6 rings (SSSR count). The summed E-state index contributed by atoms with van der Waals surface area (Å²) < 4.78 is 0. The molecule has 2 aliphatic rings. The predicted octanol–water partition coefficient (Wildman–Crippen LogP) is 4.31. The van der Waals surface area contributed by atoms with Crippen LogP contribution in [0.25, 0.3) is 22.1 Å². The molecule has 0 spiro atoms. The van der Waals surface area contributed by atoms with Crippen LogP contribution in [0.4, 0.5) is 11.4 Å². The molecule has 2 heterocycles. The summed E-state index contributed by atoms with van der Waals surface area (Å²) in [6.07, 6.45) is 4.39. The van der Waals surface area contributed by atoms with Crippen LogP contribution in [0.3, 0.4) is 0 Å². The van der Waals surface area contributed by atoms with E-state index < -0.39 is 0 Å². The molecule has 7 N–H and O–H groups in total. The Kier molecular flexibility index (Phi) is 9.65. The molecule has 2 aromatic carbocycles. The van der Waals surface area contributed by atoms with Crippen LogP contribution in [0.1, 0.15) is 59.8 Å². The number of fused-ring (bicyclic) bond motifs is 2. The van der Waals surface area contributed by atoms with Crippen molar-refractivity contribution in [1.29, 1.82) is 0 Å². The number of allylic oxidation sites excluding steroid dienone is 2. The van der Waals surface area contributed by atoms with Crippen molar-refractivity contribution in [2.75, 3.05) is 11.1 Å². The molecule has 212 valence electrons. The summed E-state index contributed by atoms with van der Waals surface area (Å²) in [5.41, 5.74) is 11.5. The van der Waals surface area contributed by atoms with Crippen LogP contribution in [-0.2, 0) is 14.4 Å². The number of rotatable bonds is 2. The van der Waals surface area contributed by atoms with Crippen molar-refractivity contribution in [1.82, 2.24) is 19.9 Å². The van der Waals surface area contributed by atoms with Crippen molar-refractivity contribution in [3.63, 3.8) is 0 Å². The van der Waals surface area contributed by atoms with Crippen LogP contribution in [-0.4, -0.2) is 37.3 Å². The van der Waals surface area contributed by atoms with Crippen molar-refractivity contribution >= 4 is 50.8 Å². The molecule has 0 saturated heterocycles. The third-order valence-electron chi connectivity index (χ3n) is 6.87. The summed E-state index contributed by atoms with van der Waals surface area (Å²) in [6, 6.07) is 10.8. The summed E-state index contributed by atoms with van der Waals surface area (Å²) in [7, 11) is 0. The van der Waals surface area contributed by atoms with E-state index in [2.05, 4.69) is 25.3 Å². The number of imidazole rings is 2. The van der Waals surface area contributed by atoms with Gasteiger partial charge in [-0.05, 0) is 69.5 Å². The van der Waals surface area contributed by atoms with Gasteiger partial charge in [0, 0.05) is 41.9 Å².